The Bertz CT molecular complexity index is 853. The number of pyridine rings is 1. The molecule has 3 N–H and O–H groups in total. The molecule has 0 fully saturated rings. The van der Waals surface area contributed by atoms with Gasteiger partial charge in [0.05, 0.1) is 19.0 Å². The number of aromatic nitrogens is 4. The molecule has 0 aliphatic rings. The van der Waals surface area contributed by atoms with Crippen molar-refractivity contribution in [3.63, 3.8) is 0 Å². The van der Waals surface area contributed by atoms with E-state index in [0.29, 0.717) is 28.2 Å². The average Bonchev–Trinajstić information content (AvgIpc) is 3.10. The minimum atomic E-state index is 0.107. The number of phenols is 1. The van der Waals surface area contributed by atoms with Crippen LogP contribution in [0.2, 0.25) is 0 Å². The Morgan fingerprint density at radius 2 is 2.28 bits per heavy atom. The Kier molecular flexibility index (Phi) is 5.47. The van der Waals surface area contributed by atoms with E-state index in [0.717, 1.165) is 5.69 Å². The number of methoxy groups -OCH3 is 1. The number of H-pyrrole nitrogens is 1. The predicted molar refractivity (Wildman–Crippen MR) is 96.1 cm³/mol. The van der Waals surface area contributed by atoms with E-state index in [1.165, 1.54) is 18.0 Å². The normalized spacial score (nSPS) is 10.9. The van der Waals surface area contributed by atoms with Crippen LogP contribution in [0.15, 0.2) is 52.9 Å². The van der Waals surface area contributed by atoms with Crippen molar-refractivity contribution in [2.75, 3.05) is 12.5 Å². The van der Waals surface area contributed by atoms with Gasteiger partial charge in [-0.2, -0.15) is 10.1 Å². The van der Waals surface area contributed by atoms with Crippen molar-refractivity contribution < 1.29 is 9.84 Å². The zero-order chi connectivity index (χ0) is 17.5. The number of ether oxygens (including phenoxy) is 1. The Balaban J connectivity index is 1.56. The van der Waals surface area contributed by atoms with Crippen LogP contribution in [0.1, 0.15) is 11.3 Å². The monoisotopic (exact) mass is 356 g/mol. The fourth-order valence-electron chi connectivity index (χ4n) is 1.91. The smallest absolute Gasteiger partial charge is 0.240 e. The third-order valence-electron chi connectivity index (χ3n) is 3.15. The summed E-state index contributed by atoms with van der Waals surface area (Å²) in [7, 11) is 1.56. The van der Waals surface area contributed by atoms with Crippen molar-refractivity contribution in [2.45, 2.75) is 10.9 Å². The van der Waals surface area contributed by atoms with Gasteiger partial charge in [0, 0.05) is 17.5 Å². The molecule has 0 amide bonds. The molecule has 2 heterocycles. The van der Waals surface area contributed by atoms with Crippen LogP contribution >= 0.6 is 11.8 Å². The van der Waals surface area contributed by atoms with Gasteiger partial charge in [0.2, 0.25) is 11.1 Å². The minimum absolute atomic E-state index is 0.107. The molecule has 0 unspecified atom stereocenters. The lowest BCUT2D eigenvalue weighted by Gasteiger charge is -2.02. The summed E-state index contributed by atoms with van der Waals surface area (Å²) in [6.07, 6.45) is 3.23. The molecule has 128 valence electrons. The van der Waals surface area contributed by atoms with E-state index in [-0.39, 0.29) is 5.75 Å². The minimum Gasteiger partial charge on any atom is -0.507 e. The molecule has 2 aromatic heterocycles. The summed E-state index contributed by atoms with van der Waals surface area (Å²) < 4.78 is 5.11. The van der Waals surface area contributed by atoms with Gasteiger partial charge in [-0.1, -0.05) is 17.8 Å². The molecule has 25 heavy (non-hydrogen) atoms. The number of nitrogens with zero attached hydrogens (tertiary/aromatic N) is 4. The lowest BCUT2D eigenvalue weighted by molar-refractivity contribution is 0.412. The molecule has 0 bridgehead atoms. The summed E-state index contributed by atoms with van der Waals surface area (Å²) >= 11 is 1.47. The van der Waals surface area contributed by atoms with Crippen LogP contribution in [-0.2, 0) is 5.75 Å². The summed E-state index contributed by atoms with van der Waals surface area (Å²) in [6, 6.07) is 10.7. The topological polar surface area (TPSA) is 108 Å². The Morgan fingerprint density at radius 3 is 3.08 bits per heavy atom. The molecular weight excluding hydrogens is 340 g/mol. The largest absolute Gasteiger partial charge is 0.507 e. The highest BCUT2D eigenvalue weighted by atomic mass is 32.2. The number of hydrogen-bond acceptors (Lipinski definition) is 8. The van der Waals surface area contributed by atoms with Gasteiger partial charge in [0.25, 0.3) is 0 Å². The standard InChI is InChI=1S/C16H16N6O2S/c1-24-13-5-6-14(23)11(8-13)9-18-20-15-19-16(22-21-15)25-10-12-4-2-3-7-17-12/h2-9,23H,10H2,1H3,(H2,19,20,21,22)/b18-9-. The van der Waals surface area contributed by atoms with Gasteiger partial charge in [-0.25, -0.2) is 10.5 Å². The zero-order valence-corrected chi connectivity index (χ0v) is 14.2. The highest BCUT2D eigenvalue weighted by Gasteiger charge is 2.04. The molecule has 0 aliphatic heterocycles. The number of hydrazone groups is 1. The summed E-state index contributed by atoms with van der Waals surface area (Å²) in [5.74, 6) is 1.82. The van der Waals surface area contributed by atoms with Crippen molar-refractivity contribution in [3.05, 3.63) is 53.9 Å². The first kappa shape index (κ1) is 16.8. The van der Waals surface area contributed by atoms with Crippen LogP contribution in [0.5, 0.6) is 11.5 Å². The molecule has 8 nitrogen and oxygen atoms in total. The van der Waals surface area contributed by atoms with E-state index in [1.54, 1.807) is 31.5 Å². The van der Waals surface area contributed by atoms with Crippen molar-refractivity contribution >= 4 is 23.9 Å². The van der Waals surface area contributed by atoms with Crippen molar-refractivity contribution in [3.8, 4) is 11.5 Å². The lowest BCUT2D eigenvalue weighted by atomic mass is 10.2. The first-order valence-electron chi connectivity index (χ1n) is 7.36. The molecule has 1 aromatic carbocycles. The van der Waals surface area contributed by atoms with Crippen LogP contribution in [0.3, 0.4) is 0 Å². The maximum Gasteiger partial charge on any atom is 0.240 e. The van der Waals surface area contributed by atoms with Crippen LogP contribution < -0.4 is 10.2 Å². The molecule has 0 saturated heterocycles. The summed E-state index contributed by atoms with van der Waals surface area (Å²) in [6.45, 7) is 0. The number of nitrogens with one attached hydrogen (secondary N) is 2. The highest BCUT2D eigenvalue weighted by molar-refractivity contribution is 7.98. The number of anilines is 1. The number of rotatable bonds is 7. The number of hydrogen-bond donors (Lipinski definition) is 3. The van der Waals surface area contributed by atoms with Gasteiger partial charge in [0.15, 0.2) is 0 Å². The van der Waals surface area contributed by atoms with Crippen molar-refractivity contribution in [1.29, 1.82) is 0 Å². The van der Waals surface area contributed by atoms with E-state index in [9.17, 15) is 5.11 Å². The fraction of sp³-hybridized carbons (Fsp3) is 0.125. The molecular formula is C16H16N6O2S. The highest BCUT2D eigenvalue weighted by Crippen LogP contribution is 2.21. The molecule has 0 aliphatic carbocycles. The molecule has 0 saturated carbocycles. The van der Waals surface area contributed by atoms with Gasteiger partial charge in [0.1, 0.15) is 11.5 Å². The van der Waals surface area contributed by atoms with E-state index >= 15 is 0 Å². The van der Waals surface area contributed by atoms with Crippen molar-refractivity contribution in [1.82, 2.24) is 20.2 Å². The van der Waals surface area contributed by atoms with E-state index in [4.69, 9.17) is 4.74 Å². The fourth-order valence-corrected chi connectivity index (χ4v) is 2.62. The van der Waals surface area contributed by atoms with Gasteiger partial charge in [-0.05, 0) is 30.3 Å². The number of aromatic hydroxyl groups is 1. The predicted octanol–water partition coefficient (Wildman–Crippen LogP) is 2.65. The quantitative estimate of drug-likeness (QED) is 0.339. The Morgan fingerprint density at radius 1 is 1.36 bits per heavy atom. The van der Waals surface area contributed by atoms with Crippen LogP contribution in [0.25, 0.3) is 0 Å². The first-order valence-corrected chi connectivity index (χ1v) is 8.34. The second-order valence-electron chi connectivity index (χ2n) is 4.87. The van der Waals surface area contributed by atoms with E-state index in [1.807, 2.05) is 18.2 Å². The third kappa shape index (κ3) is 4.70. The van der Waals surface area contributed by atoms with Gasteiger partial charge < -0.3 is 9.84 Å². The molecule has 0 atom stereocenters. The Labute approximate surface area is 148 Å². The molecule has 3 rings (SSSR count). The number of phenolic OH excluding ortho intramolecular Hbond substituents is 1. The molecule has 9 heteroatoms. The second-order valence-corrected chi connectivity index (χ2v) is 5.81. The SMILES string of the molecule is COc1ccc(O)c(/C=N\Nc2nc(SCc3ccccn3)n[nH]2)c1. The Hall–Kier alpha value is -3.07. The maximum absolute atomic E-state index is 9.79. The second kappa shape index (κ2) is 8.15. The van der Waals surface area contributed by atoms with E-state index in [2.05, 4.69) is 30.7 Å². The third-order valence-corrected chi connectivity index (χ3v) is 4.03. The van der Waals surface area contributed by atoms with Crippen LogP contribution in [0.4, 0.5) is 5.95 Å². The van der Waals surface area contributed by atoms with E-state index < -0.39 is 0 Å². The number of benzene rings is 1. The van der Waals surface area contributed by atoms with Crippen LogP contribution in [-0.4, -0.2) is 38.6 Å². The average molecular weight is 356 g/mol. The van der Waals surface area contributed by atoms with Gasteiger partial charge in [-0.3, -0.25) is 4.98 Å². The van der Waals surface area contributed by atoms with Gasteiger partial charge in [-0.15, -0.1) is 5.10 Å². The zero-order valence-electron chi connectivity index (χ0n) is 13.4. The number of aromatic amines is 1. The first-order chi connectivity index (χ1) is 12.2. The molecule has 0 radical (unpaired) electrons. The number of thioether (sulfide) groups is 1. The molecule has 3 aromatic rings. The lowest BCUT2D eigenvalue weighted by Crippen LogP contribution is -1.93. The summed E-state index contributed by atoms with van der Waals surface area (Å²) in [4.78, 5) is 8.52. The maximum atomic E-state index is 9.79. The van der Waals surface area contributed by atoms with Gasteiger partial charge >= 0.3 is 0 Å². The summed E-state index contributed by atoms with van der Waals surface area (Å²) in [5, 5.41) is 21.3. The van der Waals surface area contributed by atoms with Crippen molar-refractivity contribution in [2.24, 2.45) is 5.10 Å². The molecule has 0 spiro atoms. The summed E-state index contributed by atoms with van der Waals surface area (Å²) in [5.41, 5.74) is 4.22. The van der Waals surface area contributed by atoms with Crippen LogP contribution in [0, 0.1) is 0 Å².